The van der Waals surface area contributed by atoms with Crippen LogP contribution in [0.25, 0.3) is 11.3 Å². The van der Waals surface area contributed by atoms with Gasteiger partial charge in [-0.15, -0.1) is 0 Å². The van der Waals surface area contributed by atoms with Crippen molar-refractivity contribution < 1.29 is 22.8 Å². The van der Waals surface area contributed by atoms with Gasteiger partial charge in [0, 0.05) is 17.3 Å². The van der Waals surface area contributed by atoms with Gasteiger partial charge in [0.05, 0.1) is 27.5 Å². The van der Waals surface area contributed by atoms with Crippen LogP contribution in [0.1, 0.15) is 11.1 Å². The minimum Gasteiger partial charge on any atom is -0.411 e. The van der Waals surface area contributed by atoms with Crippen molar-refractivity contribution in [2.75, 3.05) is 0 Å². The fourth-order valence-electron chi connectivity index (χ4n) is 1.70. The molecule has 0 saturated heterocycles. The van der Waals surface area contributed by atoms with Crippen LogP contribution in [0.3, 0.4) is 0 Å². The summed E-state index contributed by atoms with van der Waals surface area (Å²) in [6, 6.07) is 2.74. The van der Waals surface area contributed by atoms with Crippen molar-refractivity contribution in [2.45, 2.75) is 6.18 Å². The van der Waals surface area contributed by atoms with E-state index in [-0.39, 0.29) is 26.9 Å². The SMILES string of the molecule is ON=Cc1cc(-c2ncc(C(F)(F)F)cc2Cl)c(F)cc1Cl. The number of nitrogens with zero attached hydrogens (tertiary/aromatic N) is 2. The number of alkyl halides is 3. The maximum absolute atomic E-state index is 14.0. The van der Waals surface area contributed by atoms with Crippen LogP contribution in [0.2, 0.25) is 10.0 Å². The highest BCUT2D eigenvalue weighted by Crippen LogP contribution is 2.35. The molecular formula is C13H6Cl2F4N2O. The summed E-state index contributed by atoms with van der Waals surface area (Å²) in [5.41, 5.74) is -1.25. The second-order valence-electron chi connectivity index (χ2n) is 4.15. The first-order valence-corrected chi connectivity index (χ1v) is 6.39. The number of benzene rings is 1. The molecule has 0 aliphatic carbocycles. The molecule has 0 fully saturated rings. The average Bonchev–Trinajstić information content (AvgIpc) is 2.41. The Bertz CT molecular complexity index is 748. The lowest BCUT2D eigenvalue weighted by Gasteiger charge is -2.11. The molecule has 0 saturated carbocycles. The molecule has 22 heavy (non-hydrogen) atoms. The first-order chi connectivity index (χ1) is 10.2. The lowest BCUT2D eigenvalue weighted by atomic mass is 10.1. The van der Waals surface area contributed by atoms with Crippen LogP contribution in [0, 0.1) is 5.82 Å². The van der Waals surface area contributed by atoms with E-state index >= 15 is 0 Å². The topological polar surface area (TPSA) is 45.5 Å². The second-order valence-corrected chi connectivity index (χ2v) is 4.96. The molecule has 0 unspecified atom stereocenters. The van der Waals surface area contributed by atoms with Gasteiger partial charge in [0.2, 0.25) is 0 Å². The van der Waals surface area contributed by atoms with Gasteiger partial charge in [-0.25, -0.2) is 4.39 Å². The fourth-order valence-corrected chi connectivity index (χ4v) is 2.17. The Morgan fingerprint density at radius 3 is 2.36 bits per heavy atom. The molecule has 1 aromatic carbocycles. The number of oxime groups is 1. The van der Waals surface area contributed by atoms with Crippen LogP contribution >= 0.6 is 23.2 Å². The van der Waals surface area contributed by atoms with Crippen molar-refractivity contribution in [3.8, 4) is 11.3 Å². The molecule has 0 atom stereocenters. The van der Waals surface area contributed by atoms with E-state index in [1.807, 2.05) is 0 Å². The zero-order valence-corrected chi connectivity index (χ0v) is 12.0. The van der Waals surface area contributed by atoms with Gasteiger partial charge in [-0.2, -0.15) is 13.2 Å². The van der Waals surface area contributed by atoms with Crippen molar-refractivity contribution in [1.29, 1.82) is 0 Å². The van der Waals surface area contributed by atoms with E-state index in [2.05, 4.69) is 10.1 Å². The largest absolute Gasteiger partial charge is 0.417 e. The monoisotopic (exact) mass is 352 g/mol. The number of aromatic nitrogens is 1. The van der Waals surface area contributed by atoms with E-state index in [0.717, 1.165) is 12.3 Å². The highest BCUT2D eigenvalue weighted by atomic mass is 35.5. The lowest BCUT2D eigenvalue weighted by Crippen LogP contribution is -2.06. The Hall–Kier alpha value is -1.86. The second kappa shape index (κ2) is 6.10. The van der Waals surface area contributed by atoms with Crippen LogP contribution in [0.4, 0.5) is 17.6 Å². The Morgan fingerprint density at radius 2 is 1.82 bits per heavy atom. The molecule has 2 aromatic rings. The van der Waals surface area contributed by atoms with Crippen molar-refractivity contribution in [1.82, 2.24) is 4.98 Å². The summed E-state index contributed by atoms with van der Waals surface area (Å²) < 4.78 is 51.6. The third-order valence-electron chi connectivity index (χ3n) is 2.71. The average molecular weight is 353 g/mol. The minimum absolute atomic E-state index is 0.0397. The minimum atomic E-state index is -4.61. The van der Waals surface area contributed by atoms with E-state index in [1.54, 1.807) is 0 Å². The zero-order valence-electron chi connectivity index (χ0n) is 10.5. The molecule has 3 nitrogen and oxygen atoms in total. The number of hydrogen-bond donors (Lipinski definition) is 1. The predicted octanol–water partition coefficient (Wildman–Crippen LogP) is 5.02. The third kappa shape index (κ3) is 3.31. The summed E-state index contributed by atoms with van der Waals surface area (Å²) in [5.74, 6) is -0.825. The van der Waals surface area contributed by atoms with Crippen LogP contribution in [-0.4, -0.2) is 16.4 Å². The Labute approximate surface area is 131 Å². The van der Waals surface area contributed by atoms with E-state index in [1.165, 1.54) is 6.07 Å². The van der Waals surface area contributed by atoms with Gasteiger partial charge < -0.3 is 5.21 Å². The van der Waals surface area contributed by atoms with Crippen molar-refractivity contribution in [3.63, 3.8) is 0 Å². The van der Waals surface area contributed by atoms with Crippen molar-refractivity contribution >= 4 is 29.4 Å². The molecule has 9 heteroatoms. The molecule has 0 amide bonds. The smallest absolute Gasteiger partial charge is 0.411 e. The summed E-state index contributed by atoms with van der Waals surface area (Å²) in [4.78, 5) is 3.56. The van der Waals surface area contributed by atoms with Gasteiger partial charge >= 0.3 is 6.18 Å². The van der Waals surface area contributed by atoms with E-state index in [9.17, 15) is 17.6 Å². The maximum atomic E-state index is 14.0. The predicted molar refractivity (Wildman–Crippen MR) is 74.0 cm³/mol. The molecule has 0 aliphatic rings. The lowest BCUT2D eigenvalue weighted by molar-refractivity contribution is -0.137. The van der Waals surface area contributed by atoms with Gasteiger partial charge in [-0.3, -0.25) is 4.98 Å². The van der Waals surface area contributed by atoms with Gasteiger partial charge in [0.15, 0.2) is 0 Å². The summed E-state index contributed by atoms with van der Waals surface area (Å²) in [7, 11) is 0. The van der Waals surface area contributed by atoms with E-state index in [0.29, 0.717) is 12.3 Å². The molecule has 1 aromatic heterocycles. The number of hydrogen-bond acceptors (Lipinski definition) is 3. The summed E-state index contributed by atoms with van der Waals surface area (Å²) in [6.07, 6.45) is -3.11. The van der Waals surface area contributed by atoms with Crippen LogP contribution in [0.5, 0.6) is 0 Å². The summed E-state index contributed by atoms with van der Waals surface area (Å²) in [5, 5.41) is 10.9. The summed E-state index contributed by atoms with van der Waals surface area (Å²) in [6.45, 7) is 0. The Balaban J connectivity index is 2.59. The normalized spacial score (nSPS) is 12.1. The first kappa shape index (κ1) is 16.5. The van der Waals surface area contributed by atoms with Crippen molar-refractivity contribution in [3.05, 3.63) is 51.4 Å². The van der Waals surface area contributed by atoms with Gasteiger partial charge in [-0.1, -0.05) is 28.4 Å². The highest BCUT2D eigenvalue weighted by molar-refractivity contribution is 6.34. The fraction of sp³-hybridized carbons (Fsp3) is 0.0769. The van der Waals surface area contributed by atoms with Crippen LogP contribution in [0.15, 0.2) is 29.6 Å². The molecule has 0 bridgehead atoms. The molecular weight excluding hydrogens is 347 g/mol. The van der Waals surface area contributed by atoms with Gasteiger partial charge in [0.25, 0.3) is 0 Å². The van der Waals surface area contributed by atoms with E-state index in [4.69, 9.17) is 28.4 Å². The Morgan fingerprint density at radius 1 is 1.14 bits per heavy atom. The molecule has 1 N–H and O–H groups in total. The van der Waals surface area contributed by atoms with Crippen LogP contribution < -0.4 is 0 Å². The molecule has 1 heterocycles. The van der Waals surface area contributed by atoms with Gasteiger partial charge in [0.1, 0.15) is 5.82 Å². The van der Waals surface area contributed by atoms with E-state index < -0.39 is 17.6 Å². The molecule has 0 radical (unpaired) electrons. The highest BCUT2D eigenvalue weighted by Gasteiger charge is 2.31. The number of halogens is 6. The number of rotatable bonds is 2. The first-order valence-electron chi connectivity index (χ1n) is 5.63. The Kier molecular flexibility index (Phi) is 4.58. The molecule has 0 spiro atoms. The van der Waals surface area contributed by atoms with Gasteiger partial charge in [-0.05, 0) is 18.2 Å². The van der Waals surface area contributed by atoms with Crippen LogP contribution in [-0.2, 0) is 6.18 Å². The quantitative estimate of drug-likeness (QED) is 0.357. The maximum Gasteiger partial charge on any atom is 0.417 e. The molecule has 116 valence electrons. The third-order valence-corrected chi connectivity index (χ3v) is 3.32. The molecule has 0 aliphatic heterocycles. The zero-order chi connectivity index (χ0) is 16.5. The standard InChI is InChI=1S/C13H6Cl2F4N2O/c14-9-3-11(16)8(1-6(9)4-21-22)12-10(15)2-7(5-20-12)13(17,18)19/h1-5,22H. The van der Waals surface area contributed by atoms with Crippen molar-refractivity contribution in [2.24, 2.45) is 5.16 Å². The molecule has 2 rings (SSSR count). The summed E-state index contributed by atoms with van der Waals surface area (Å²) >= 11 is 11.5. The number of pyridine rings is 1.